The lowest BCUT2D eigenvalue weighted by Crippen LogP contribution is -2.22. The number of hydrogen-bond acceptors (Lipinski definition) is 5. The van der Waals surface area contributed by atoms with Crippen molar-refractivity contribution in [3.8, 4) is 0 Å². The minimum atomic E-state index is -3.55. The van der Waals surface area contributed by atoms with Crippen molar-refractivity contribution in [3.63, 3.8) is 0 Å². The molecule has 2 aromatic rings. The maximum atomic E-state index is 12.2. The van der Waals surface area contributed by atoms with E-state index in [-0.39, 0.29) is 10.8 Å². The Balaban J connectivity index is 2.20. The van der Waals surface area contributed by atoms with E-state index in [1.165, 1.54) is 43.6 Å². The molecule has 128 valence electrons. The van der Waals surface area contributed by atoms with Gasteiger partial charge in [0, 0.05) is 31.2 Å². The van der Waals surface area contributed by atoms with Crippen LogP contribution >= 0.6 is 11.3 Å². The fraction of sp³-hybridized carbons (Fsp3) is 0.250. The Morgan fingerprint density at radius 2 is 2.00 bits per heavy atom. The van der Waals surface area contributed by atoms with Crippen LogP contribution in [0.4, 0.5) is 5.69 Å². The summed E-state index contributed by atoms with van der Waals surface area (Å²) in [6.45, 7) is 3.69. The van der Waals surface area contributed by atoms with Crippen LogP contribution in [0.2, 0.25) is 0 Å². The normalized spacial score (nSPS) is 12.0. The first-order valence-corrected chi connectivity index (χ1v) is 9.46. The molecule has 0 spiro atoms. The lowest BCUT2D eigenvalue weighted by molar-refractivity contribution is -0.111. The average molecular weight is 365 g/mol. The highest BCUT2D eigenvalue weighted by molar-refractivity contribution is 7.89. The number of benzene rings is 1. The second-order valence-electron chi connectivity index (χ2n) is 5.38. The second-order valence-corrected chi connectivity index (χ2v) is 8.59. The number of thiazole rings is 1. The molecule has 0 aliphatic rings. The van der Waals surface area contributed by atoms with E-state index < -0.39 is 10.0 Å². The molecule has 2 rings (SSSR count). The molecule has 1 aromatic heterocycles. The quantitative estimate of drug-likeness (QED) is 0.826. The number of sulfonamides is 1. The molecule has 0 saturated heterocycles. The van der Waals surface area contributed by atoms with Crippen LogP contribution < -0.4 is 5.32 Å². The summed E-state index contributed by atoms with van der Waals surface area (Å²) in [6.07, 6.45) is 3.00. The number of anilines is 1. The van der Waals surface area contributed by atoms with Gasteiger partial charge in [0.1, 0.15) is 0 Å². The predicted octanol–water partition coefficient (Wildman–Crippen LogP) is 2.66. The fourth-order valence-electron chi connectivity index (χ4n) is 1.90. The van der Waals surface area contributed by atoms with E-state index in [0.29, 0.717) is 11.4 Å². The number of aryl methyl sites for hydroxylation is 2. The first kappa shape index (κ1) is 18.3. The van der Waals surface area contributed by atoms with Crippen LogP contribution in [0.25, 0.3) is 6.08 Å². The Bertz CT molecular complexity index is 884. The first-order valence-electron chi connectivity index (χ1n) is 7.14. The smallest absolute Gasteiger partial charge is 0.248 e. The van der Waals surface area contributed by atoms with E-state index in [2.05, 4.69) is 10.3 Å². The van der Waals surface area contributed by atoms with Crippen LogP contribution in [0, 0.1) is 13.8 Å². The molecule has 0 aliphatic heterocycles. The summed E-state index contributed by atoms with van der Waals surface area (Å²) in [5, 5.41) is 5.48. The third kappa shape index (κ3) is 4.28. The molecule has 0 radical (unpaired) electrons. The molecule has 0 fully saturated rings. The van der Waals surface area contributed by atoms with Gasteiger partial charge in [0.2, 0.25) is 15.9 Å². The lowest BCUT2D eigenvalue weighted by Gasteiger charge is -2.14. The number of hydrogen-bond donors (Lipinski definition) is 1. The van der Waals surface area contributed by atoms with Crippen molar-refractivity contribution in [1.29, 1.82) is 0 Å². The molecule has 0 bridgehead atoms. The van der Waals surface area contributed by atoms with Crippen molar-refractivity contribution < 1.29 is 13.2 Å². The van der Waals surface area contributed by atoms with E-state index in [4.69, 9.17) is 0 Å². The second kappa shape index (κ2) is 7.25. The highest BCUT2D eigenvalue weighted by Crippen LogP contribution is 2.22. The number of carbonyl (C=O) groups is 1. The van der Waals surface area contributed by atoms with Crippen LogP contribution in [0.3, 0.4) is 0 Å². The molecule has 1 N–H and O–H groups in total. The molecule has 6 nitrogen and oxygen atoms in total. The number of nitrogens with zero attached hydrogens (tertiary/aromatic N) is 2. The molecule has 1 aromatic carbocycles. The summed E-state index contributed by atoms with van der Waals surface area (Å²) < 4.78 is 25.5. The summed E-state index contributed by atoms with van der Waals surface area (Å²) in [6, 6.07) is 4.65. The molecule has 0 saturated carbocycles. The summed E-state index contributed by atoms with van der Waals surface area (Å²) in [4.78, 5) is 16.4. The topological polar surface area (TPSA) is 79.4 Å². The van der Waals surface area contributed by atoms with E-state index in [0.717, 1.165) is 14.9 Å². The van der Waals surface area contributed by atoms with Gasteiger partial charge < -0.3 is 5.32 Å². The van der Waals surface area contributed by atoms with Gasteiger partial charge in [-0.1, -0.05) is 6.07 Å². The van der Waals surface area contributed by atoms with Crippen LogP contribution in [0.5, 0.6) is 0 Å². The predicted molar refractivity (Wildman–Crippen MR) is 96.6 cm³/mol. The molecule has 24 heavy (non-hydrogen) atoms. The van der Waals surface area contributed by atoms with Gasteiger partial charge in [0.05, 0.1) is 15.6 Å². The molecular formula is C16H19N3O3S2. The van der Waals surface area contributed by atoms with Crippen LogP contribution in [0.1, 0.15) is 16.3 Å². The molecule has 1 heterocycles. The third-order valence-electron chi connectivity index (χ3n) is 3.29. The Morgan fingerprint density at radius 1 is 1.29 bits per heavy atom. The number of amides is 1. The monoisotopic (exact) mass is 365 g/mol. The van der Waals surface area contributed by atoms with Gasteiger partial charge in [-0.05, 0) is 37.6 Å². The van der Waals surface area contributed by atoms with Crippen molar-refractivity contribution in [2.75, 3.05) is 19.4 Å². The minimum Gasteiger partial charge on any atom is -0.322 e. The molecular weight excluding hydrogens is 346 g/mol. The SMILES string of the molecule is Cc1nc(/C=C/C(=O)Nc2cc(S(=O)(=O)N(C)C)ccc2C)cs1. The van der Waals surface area contributed by atoms with E-state index in [1.54, 1.807) is 19.1 Å². The Kier molecular flexibility index (Phi) is 5.53. The maximum absolute atomic E-state index is 12.2. The zero-order valence-electron chi connectivity index (χ0n) is 13.9. The number of rotatable bonds is 5. The van der Waals surface area contributed by atoms with E-state index >= 15 is 0 Å². The van der Waals surface area contributed by atoms with Gasteiger partial charge in [-0.3, -0.25) is 4.79 Å². The van der Waals surface area contributed by atoms with E-state index in [9.17, 15) is 13.2 Å². The van der Waals surface area contributed by atoms with Crippen molar-refractivity contribution in [2.24, 2.45) is 0 Å². The Hall–Kier alpha value is -2.03. The summed E-state index contributed by atoms with van der Waals surface area (Å²) in [7, 11) is -0.620. The van der Waals surface area contributed by atoms with Gasteiger partial charge in [-0.15, -0.1) is 11.3 Å². The van der Waals surface area contributed by atoms with E-state index in [1.807, 2.05) is 12.3 Å². The summed E-state index contributed by atoms with van der Waals surface area (Å²) >= 11 is 1.50. The summed E-state index contributed by atoms with van der Waals surface area (Å²) in [5.41, 5.74) is 1.95. The third-order valence-corrected chi connectivity index (χ3v) is 5.89. The highest BCUT2D eigenvalue weighted by atomic mass is 32.2. The van der Waals surface area contributed by atoms with Crippen molar-refractivity contribution in [1.82, 2.24) is 9.29 Å². The standard InChI is InChI=1S/C16H19N3O3S2/c1-11-5-7-14(24(21,22)19(3)4)9-15(11)18-16(20)8-6-13-10-23-12(2)17-13/h5-10H,1-4H3,(H,18,20)/b8-6+. The molecule has 0 aliphatic carbocycles. The van der Waals surface area contributed by atoms with Gasteiger partial charge in [0.25, 0.3) is 0 Å². The Labute approximate surface area is 145 Å². The van der Waals surface area contributed by atoms with Gasteiger partial charge in [-0.2, -0.15) is 0 Å². The highest BCUT2D eigenvalue weighted by Gasteiger charge is 2.18. The van der Waals surface area contributed by atoms with Crippen LogP contribution in [-0.4, -0.2) is 37.7 Å². The maximum Gasteiger partial charge on any atom is 0.248 e. The number of nitrogens with one attached hydrogen (secondary N) is 1. The van der Waals surface area contributed by atoms with Crippen molar-refractivity contribution in [2.45, 2.75) is 18.7 Å². The van der Waals surface area contributed by atoms with Crippen LogP contribution in [-0.2, 0) is 14.8 Å². The lowest BCUT2D eigenvalue weighted by atomic mass is 10.2. The largest absolute Gasteiger partial charge is 0.322 e. The minimum absolute atomic E-state index is 0.132. The van der Waals surface area contributed by atoms with Crippen molar-refractivity contribution >= 4 is 39.0 Å². The molecule has 8 heteroatoms. The van der Waals surface area contributed by atoms with Crippen LogP contribution in [0.15, 0.2) is 34.6 Å². The molecule has 0 atom stereocenters. The average Bonchev–Trinajstić information content (AvgIpc) is 2.92. The zero-order valence-corrected chi connectivity index (χ0v) is 15.5. The fourth-order valence-corrected chi connectivity index (χ4v) is 3.41. The molecule has 0 unspecified atom stereocenters. The Morgan fingerprint density at radius 3 is 2.58 bits per heavy atom. The summed E-state index contributed by atoms with van der Waals surface area (Å²) in [5.74, 6) is -0.344. The first-order chi connectivity index (χ1) is 11.2. The molecule has 1 amide bonds. The number of aromatic nitrogens is 1. The van der Waals surface area contributed by atoms with Gasteiger partial charge in [-0.25, -0.2) is 17.7 Å². The zero-order chi connectivity index (χ0) is 17.9. The van der Waals surface area contributed by atoms with Gasteiger partial charge >= 0.3 is 0 Å². The number of carbonyl (C=O) groups excluding carboxylic acids is 1. The van der Waals surface area contributed by atoms with Crippen molar-refractivity contribution in [3.05, 3.63) is 45.9 Å². The van der Waals surface area contributed by atoms with Gasteiger partial charge in [0.15, 0.2) is 0 Å².